The lowest BCUT2D eigenvalue weighted by atomic mass is 10.0. The molecule has 0 radical (unpaired) electrons. The van der Waals surface area contributed by atoms with Crippen molar-refractivity contribution < 1.29 is 0 Å². The van der Waals surface area contributed by atoms with Crippen molar-refractivity contribution in [2.75, 3.05) is 0 Å². The van der Waals surface area contributed by atoms with Crippen LogP contribution in [0.5, 0.6) is 0 Å². The Morgan fingerprint density at radius 3 is 1.88 bits per heavy atom. The fourth-order valence-corrected chi connectivity index (χ4v) is 2.56. The molecule has 0 spiro atoms. The Hall–Kier alpha value is 0. The van der Waals surface area contributed by atoms with Crippen LogP contribution in [0, 0.1) is 17.3 Å². The van der Waals surface area contributed by atoms with Gasteiger partial charge in [-0.05, 0) is 30.1 Å². The molecule has 0 aromatic heterocycles. The van der Waals surface area contributed by atoms with Crippen LogP contribution in [0.25, 0.3) is 0 Å². The highest BCUT2D eigenvalue weighted by atomic mass is 14.6. The molecule has 0 bridgehead atoms. The number of hydrogen-bond donors (Lipinski definition) is 0. The normalized spacial score (nSPS) is 48.8. The average molecular weight is 110 g/mol. The highest BCUT2D eigenvalue weighted by Crippen LogP contribution is 2.66. The molecule has 0 N–H and O–H groups in total. The summed E-state index contributed by atoms with van der Waals surface area (Å²) in [5, 5.41) is 0. The molecule has 2 aliphatic rings. The third kappa shape index (κ3) is 0.375. The minimum absolute atomic E-state index is 0.762. The van der Waals surface area contributed by atoms with Crippen LogP contribution in [0.4, 0.5) is 0 Å². The molecule has 0 amide bonds. The lowest BCUT2D eigenvalue weighted by molar-refractivity contribution is 0.465. The van der Waals surface area contributed by atoms with Crippen molar-refractivity contribution in [2.24, 2.45) is 17.3 Å². The third-order valence-corrected chi connectivity index (χ3v) is 3.32. The second kappa shape index (κ2) is 1.12. The highest BCUT2D eigenvalue weighted by molar-refractivity contribution is 5.07. The highest BCUT2D eigenvalue weighted by Gasteiger charge is 2.58. The summed E-state index contributed by atoms with van der Waals surface area (Å²) in [6, 6.07) is 0. The molecule has 2 saturated carbocycles. The van der Waals surface area contributed by atoms with E-state index < -0.39 is 0 Å². The monoisotopic (exact) mass is 110 g/mol. The van der Waals surface area contributed by atoms with Gasteiger partial charge in [-0.3, -0.25) is 0 Å². The standard InChI is InChI=1S/C8H14/c1-8(2)6-4-3-5-7(6)8/h6-7H,3-5H2,1-2H3/t6-,7?/m1/s1. The number of hydrogen-bond acceptors (Lipinski definition) is 0. The van der Waals surface area contributed by atoms with Crippen LogP contribution in [0.2, 0.25) is 0 Å². The molecular formula is C8H14. The van der Waals surface area contributed by atoms with Crippen molar-refractivity contribution in [2.45, 2.75) is 33.1 Å². The second-order valence-corrected chi connectivity index (χ2v) is 3.97. The summed E-state index contributed by atoms with van der Waals surface area (Å²) in [7, 11) is 0. The summed E-state index contributed by atoms with van der Waals surface area (Å²) in [6.07, 6.45) is 4.56. The van der Waals surface area contributed by atoms with Crippen molar-refractivity contribution in [1.29, 1.82) is 0 Å². The Bertz CT molecular complexity index is 101. The van der Waals surface area contributed by atoms with E-state index in [1.165, 1.54) is 19.3 Å². The van der Waals surface area contributed by atoms with Crippen LogP contribution < -0.4 is 0 Å². The van der Waals surface area contributed by atoms with E-state index in [0.29, 0.717) is 0 Å². The first kappa shape index (κ1) is 4.84. The Morgan fingerprint density at radius 1 is 1.12 bits per heavy atom. The number of rotatable bonds is 0. The molecule has 0 heteroatoms. The van der Waals surface area contributed by atoms with Gasteiger partial charge in [0.25, 0.3) is 0 Å². The van der Waals surface area contributed by atoms with Gasteiger partial charge in [-0.15, -0.1) is 0 Å². The van der Waals surface area contributed by atoms with Crippen LogP contribution in [0.15, 0.2) is 0 Å². The Labute approximate surface area is 51.3 Å². The largest absolute Gasteiger partial charge is 0.0594 e. The maximum absolute atomic E-state index is 2.42. The quantitative estimate of drug-likeness (QED) is 0.449. The summed E-state index contributed by atoms with van der Waals surface area (Å²) in [5.41, 5.74) is 0.762. The molecule has 1 unspecified atom stereocenters. The van der Waals surface area contributed by atoms with Gasteiger partial charge in [0.05, 0.1) is 0 Å². The second-order valence-electron chi connectivity index (χ2n) is 3.97. The van der Waals surface area contributed by atoms with Gasteiger partial charge in [0, 0.05) is 0 Å². The van der Waals surface area contributed by atoms with E-state index in [9.17, 15) is 0 Å². The average Bonchev–Trinajstić information content (AvgIpc) is 2.22. The SMILES string of the molecule is CC1(C)C2CCC[C@H]21. The number of fused-ring (bicyclic) bond motifs is 1. The summed E-state index contributed by atoms with van der Waals surface area (Å²) in [5.74, 6) is 2.25. The zero-order valence-electron chi connectivity index (χ0n) is 5.78. The first-order valence-corrected chi connectivity index (χ1v) is 3.73. The fraction of sp³-hybridized carbons (Fsp3) is 1.00. The molecule has 2 aliphatic carbocycles. The zero-order chi connectivity index (χ0) is 5.78. The minimum atomic E-state index is 0.762. The van der Waals surface area contributed by atoms with Gasteiger partial charge in [0.2, 0.25) is 0 Å². The van der Waals surface area contributed by atoms with Crippen molar-refractivity contribution in [3.05, 3.63) is 0 Å². The van der Waals surface area contributed by atoms with Gasteiger partial charge >= 0.3 is 0 Å². The summed E-state index contributed by atoms with van der Waals surface area (Å²) in [6.45, 7) is 4.84. The van der Waals surface area contributed by atoms with Crippen LogP contribution in [0.1, 0.15) is 33.1 Å². The Morgan fingerprint density at radius 2 is 1.62 bits per heavy atom. The topological polar surface area (TPSA) is 0 Å². The van der Waals surface area contributed by atoms with Crippen LogP contribution in [-0.4, -0.2) is 0 Å². The lowest BCUT2D eigenvalue weighted by Crippen LogP contribution is -1.94. The van der Waals surface area contributed by atoms with E-state index in [1.54, 1.807) is 0 Å². The molecule has 0 aromatic carbocycles. The van der Waals surface area contributed by atoms with Crippen molar-refractivity contribution in [3.8, 4) is 0 Å². The zero-order valence-corrected chi connectivity index (χ0v) is 5.78. The van der Waals surface area contributed by atoms with E-state index in [2.05, 4.69) is 13.8 Å². The molecule has 2 fully saturated rings. The Balaban J connectivity index is 2.13. The maximum atomic E-state index is 2.42. The van der Waals surface area contributed by atoms with Crippen LogP contribution in [0.3, 0.4) is 0 Å². The third-order valence-electron chi connectivity index (χ3n) is 3.32. The molecule has 0 nitrogen and oxygen atoms in total. The molecule has 0 saturated heterocycles. The smallest absolute Gasteiger partial charge is 0.0292 e. The minimum Gasteiger partial charge on any atom is -0.0594 e. The predicted molar refractivity (Wildman–Crippen MR) is 34.6 cm³/mol. The molecular weight excluding hydrogens is 96.1 g/mol. The lowest BCUT2D eigenvalue weighted by Gasteiger charge is -2.04. The van der Waals surface area contributed by atoms with E-state index in [4.69, 9.17) is 0 Å². The van der Waals surface area contributed by atoms with E-state index in [1.807, 2.05) is 0 Å². The van der Waals surface area contributed by atoms with Crippen molar-refractivity contribution >= 4 is 0 Å². The van der Waals surface area contributed by atoms with Crippen molar-refractivity contribution in [1.82, 2.24) is 0 Å². The molecule has 2 rings (SSSR count). The van der Waals surface area contributed by atoms with Gasteiger partial charge in [-0.2, -0.15) is 0 Å². The van der Waals surface area contributed by atoms with E-state index >= 15 is 0 Å². The maximum Gasteiger partial charge on any atom is -0.0292 e. The van der Waals surface area contributed by atoms with E-state index in [-0.39, 0.29) is 0 Å². The summed E-state index contributed by atoms with van der Waals surface area (Å²) >= 11 is 0. The van der Waals surface area contributed by atoms with Crippen molar-refractivity contribution in [3.63, 3.8) is 0 Å². The van der Waals surface area contributed by atoms with Gasteiger partial charge in [-0.25, -0.2) is 0 Å². The van der Waals surface area contributed by atoms with Gasteiger partial charge in [0.15, 0.2) is 0 Å². The van der Waals surface area contributed by atoms with Gasteiger partial charge in [-0.1, -0.05) is 20.3 Å². The molecule has 46 valence electrons. The van der Waals surface area contributed by atoms with Crippen LogP contribution >= 0.6 is 0 Å². The summed E-state index contributed by atoms with van der Waals surface area (Å²) in [4.78, 5) is 0. The summed E-state index contributed by atoms with van der Waals surface area (Å²) < 4.78 is 0. The molecule has 8 heavy (non-hydrogen) atoms. The first-order chi connectivity index (χ1) is 3.73. The van der Waals surface area contributed by atoms with Gasteiger partial charge < -0.3 is 0 Å². The molecule has 0 aliphatic heterocycles. The molecule has 2 atom stereocenters. The van der Waals surface area contributed by atoms with Gasteiger partial charge in [0.1, 0.15) is 0 Å². The van der Waals surface area contributed by atoms with E-state index in [0.717, 1.165) is 17.3 Å². The molecule has 0 aromatic rings. The predicted octanol–water partition coefficient (Wildman–Crippen LogP) is 2.44. The first-order valence-electron chi connectivity index (χ1n) is 3.73. The Kier molecular flexibility index (Phi) is 0.678. The fourth-order valence-electron chi connectivity index (χ4n) is 2.56. The molecule has 0 heterocycles. The van der Waals surface area contributed by atoms with Crippen LogP contribution in [-0.2, 0) is 0 Å².